The second-order valence-corrected chi connectivity index (χ2v) is 7.09. The largest absolute Gasteiger partial charge is 0.497 e. The molecule has 1 unspecified atom stereocenters. The molecule has 6 heteroatoms. The molecule has 26 heavy (non-hydrogen) atoms. The molecule has 0 bridgehead atoms. The summed E-state index contributed by atoms with van der Waals surface area (Å²) < 4.78 is 16.6. The van der Waals surface area contributed by atoms with E-state index in [1.807, 2.05) is 29.2 Å². The van der Waals surface area contributed by atoms with Crippen molar-refractivity contribution in [3.8, 4) is 11.5 Å². The van der Waals surface area contributed by atoms with Crippen LogP contribution in [0.4, 0.5) is 0 Å². The minimum atomic E-state index is -0.00766. The number of aromatic nitrogens is 1. The fraction of sp³-hybridized carbons (Fsp3) is 0.500. The van der Waals surface area contributed by atoms with E-state index in [-0.39, 0.29) is 5.91 Å². The molecule has 1 aromatic heterocycles. The van der Waals surface area contributed by atoms with Gasteiger partial charge in [0.2, 0.25) is 0 Å². The van der Waals surface area contributed by atoms with E-state index in [2.05, 4.69) is 4.98 Å². The van der Waals surface area contributed by atoms with Crippen molar-refractivity contribution in [1.29, 1.82) is 0 Å². The second kappa shape index (κ2) is 7.40. The van der Waals surface area contributed by atoms with Gasteiger partial charge in [0.1, 0.15) is 17.3 Å². The number of oxazole rings is 1. The number of methoxy groups -OCH3 is 1. The first-order valence-corrected chi connectivity index (χ1v) is 9.24. The smallest absolute Gasteiger partial charge is 0.276 e. The lowest BCUT2D eigenvalue weighted by Gasteiger charge is -2.32. The standard InChI is InChI=1S/C20H24N2O4/c1-24-16-5-2-6-17(10-16)25-12-14-4-3-9-22(11-14)20(23)18-19(15-7-8-15)26-13-21-18/h2,5-6,10,13-15H,3-4,7-9,11-12H2,1H3. The quantitative estimate of drug-likeness (QED) is 0.793. The van der Waals surface area contributed by atoms with Crippen LogP contribution in [0.15, 0.2) is 35.1 Å². The summed E-state index contributed by atoms with van der Waals surface area (Å²) in [6.07, 6.45) is 5.61. The van der Waals surface area contributed by atoms with Crippen LogP contribution >= 0.6 is 0 Å². The molecule has 0 N–H and O–H groups in total. The van der Waals surface area contributed by atoms with E-state index in [1.54, 1.807) is 7.11 Å². The number of piperidine rings is 1. The summed E-state index contributed by atoms with van der Waals surface area (Å²) in [5.41, 5.74) is 0.502. The Bertz CT molecular complexity index is 769. The number of benzene rings is 1. The molecule has 138 valence electrons. The minimum Gasteiger partial charge on any atom is -0.497 e. The predicted molar refractivity (Wildman–Crippen MR) is 95.6 cm³/mol. The Hall–Kier alpha value is -2.50. The molecule has 6 nitrogen and oxygen atoms in total. The average Bonchev–Trinajstić information content (AvgIpc) is 3.42. The zero-order valence-electron chi connectivity index (χ0n) is 15.0. The molecule has 2 fully saturated rings. The van der Waals surface area contributed by atoms with Crippen LogP contribution in [0.25, 0.3) is 0 Å². The Morgan fingerprint density at radius 2 is 2.15 bits per heavy atom. The van der Waals surface area contributed by atoms with Crippen molar-refractivity contribution in [1.82, 2.24) is 9.88 Å². The highest BCUT2D eigenvalue weighted by molar-refractivity contribution is 5.93. The normalized spacial score (nSPS) is 20.0. The number of likely N-dealkylation sites (tertiary alicyclic amines) is 1. The van der Waals surface area contributed by atoms with E-state index in [1.165, 1.54) is 6.39 Å². The van der Waals surface area contributed by atoms with Gasteiger partial charge in [0.15, 0.2) is 12.1 Å². The van der Waals surface area contributed by atoms with Crippen LogP contribution in [-0.4, -0.2) is 42.6 Å². The van der Waals surface area contributed by atoms with Crippen molar-refractivity contribution >= 4 is 5.91 Å². The fourth-order valence-corrected chi connectivity index (χ4v) is 3.49. The number of hydrogen-bond acceptors (Lipinski definition) is 5. The topological polar surface area (TPSA) is 64.8 Å². The van der Waals surface area contributed by atoms with E-state index >= 15 is 0 Å². The molecular weight excluding hydrogens is 332 g/mol. The summed E-state index contributed by atoms with van der Waals surface area (Å²) in [5, 5.41) is 0. The molecule has 2 aliphatic rings. The molecule has 1 saturated heterocycles. The first-order valence-electron chi connectivity index (χ1n) is 9.24. The van der Waals surface area contributed by atoms with E-state index in [4.69, 9.17) is 13.9 Å². The van der Waals surface area contributed by atoms with Crippen molar-refractivity contribution in [3.63, 3.8) is 0 Å². The fourth-order valence-electron chi connectivity index (χ4n) is 3.49. The Kier molecular flexibility index (Phi) is 4.82. The summed E-state index contributed by atoms with van der Waals surface area (Å²) in [7, 11) is 1.64. The molecule has 1 saturated carbocycles. The molecule has 2 heterocycles. The van der Waals surface area contributed by atoms with Crippen LogP contribution in [0.3, 0.4) is 0 Å². The third kappa shape index (κ3) is 3.69. The minimum absolute atomic E-state index is 0.00766. The molecule has 1 aliphatic heterocycles. The van der Waals surface area contributed by atoms with Crippen LogP contribution in [0.2, 0.25) is 0 Å². The van der Waals surface area contributed by atoms with Crippen molar-refractivity contribution < 1.29 is 18.7 Å². The van der Waals surface area contributed by atoms with Gasteiger partial charge in [0, 0.05) is 31.0 Å². The van der Waals surface area contributed by atoms with Gasteiger partial charge < -0.3 is 18.8 Å². The highest BCUT2D eigenvalue weighted by Crippen LogP contribution is 2.41. The van der Waals surface area contributed by atoms with Crippen LogP contribution in [0, 0.1) is 5.92 Å². The number of carbonyl (C=O) groups is 1. The van der Waals surface area contributed by atoms with Gasteiger partial charge in [0.05, 0.1) is 13.7 Å². The summed E-state index contributed by atoms with van der Waals surface area (Å²) in [6.45, 7) is 2.05. The molecule has 2 aromatic rings. The van der Waals surface area contributed by atoms with Crippen molar-refractivity contribution in [2.24, 2.45) is 5.92 Å². The molecule has 1 aromatic carbocycles. The van der Waals surface area contributed by atoms with Gasteiger partial charge in [-0.15, -0.1) is 0 Å². The molecule has 0 radical (unpaired) electrons. The Morgan fingerprint density at radius 3 is 2.96 bits per heavy atom. The van der Waals surface area contributed by atoms with Crippen LogP contribution < -0.4 is 9.47 Å². The molecular formula is C20H24N2O4. The highest BCUT2D eigenvalue weighted by atomic mass is 16.5. The summed E-state index contributed by atoms with van der Waals surface area (Å²) >= 11 is 0. The second-order valence-electron chi connectivity index (χ2n) is 7.09. The SMILES string of the molecule is COc1cccc(OCC2CCCN(C(=O)c3ncoc3C3CC3)C2)c1. The predicted octanol–water partition coefficient (Wildman–Crippen LogP) is 3.49. The summed E-state index contributed by atoms with van der Waals surface area (Å²) in [6, 6.07) is 7.60. The number of ether oxygens (including phenoxy) is 2. The van der Waals surface area contributed by atoms with Gasteiger partial charge in [-0.1, -0.05) is 6.07 Å². The van der Waals surface area contributed by atoms with E-state index in [0.29, 0.717) is 30.7 Å². The number of rotatable bonds is 6. The zero-order chi connectivity index (χ0) is 17.9. The number of carbonyl (C=O) groups excluding carboxylic acids is 1. The van der Waals surface area contributed by atoms with Crippen molar-refractivity contribution in [3.05, 3.63) is 42.1 Å². The first-order chi connectivity index (χ1) is 12.7. The maximum Gasteiger partial charge on any atom is 0.276 e. The van der Waals surface area contributed by atoms with Crippen LogP contribution in [0.5, 0.6) is 11.5 Å². The van der Waals surface area contributed by atoms with Gasteiger partial charge >= 0.3 is 0 Å². The number of hydrogen-bond donors (Lipinski definition) is 0. The van der Waals surface area contributed by atoms with Gasteiger partial charge in [-0.25, -0.2) is 4.98 Å². The van der Waals surface area contributed by atoms with E-state index in [0.717, 1.165) is 49.5 Å². The van der Waals surface area contributed by atoms with Crippen LogP contribution in [-0.2, 0) is 0 Å². The molecule has 4 rings (SSSR count). The Balaban J connectivity index is 1.36. The maximum atomic E-state index is 12.9. The van der Waals surface area contributed by atoms with Gasteiger partial charge in [-0.3, -0.25) is 4.79 Å². The van der Waals surface area contributed by atoms with E-state index < -0.39 is 0 Å². The van der Waals surface area contributed by atoms with E-state index in [9.17, 15) is 4.79 Å². The average molecular weight is 356 g/mol. The van der Waals surface area contributed by atoms with Gasteiger partial charge in [-0.05, 0) is 37.8 Å². The summed E-state index contributed by atoms with van der Waals surface area (Å²) in [5.74, 6) is 3.03. The third-order valence-electron chi connectivity index (χ3n) is 5.08. The van der Waals surface area contributed by atoms with Crippen molar-refractivity contribution in [2.45, 2.75) is 31.6 Å². The van der Waals surface area contributed by atoms with Gasteiger partial charge in [-0.2, -0.15) is 0 Å². The molecule has 0 spiro atoms. The lowest BCUT2D eigenvalue weighted by Crippen LogP contribution is -2.42. The molecule has 1 atom stereocenters. The lowest BCUT2D eigenvalue weighted by atomic mass is 9.98. The van der Waals surface area contributed by atoms with Crippen LogP contribution in [0.1, 0.15) is 47.8 Å². The third-order valence-corrected chi connectivity index (χ3v) is 5.08. The maximum absolute atomic E-state index is 12.9. The first kappa shape index (κ1) is 16.9. The molecule has 1 amide bonds. The van der Waals surface area contributed by atoms with Gasteiger partial charge in [0.25, 0.3) is 5.91 Å². The Morgan fingerprint density at radius 1 is 1.31 bits per heavy atom. The monoisotopic (exact) mass is 356 g/mol. The number of amides is 1. The number of nitrogens with zero attached hydrogens (tertiary/aromatic N) is 2. The lowest BCUT2D eigenvalue weighted by molar-refractivity contribution is 0.0626. The highest BCUT2D eigenvalue weighted by Gasteiger charge is 2.35. The Labute approximate surface area is 153 Å². The zero-order valence-corrected chi connectivity index (χ0v) is 15.0. The van der Waals surface area contributed by atoms with Crippen molar-refractivity contribution in [2.75, 3.05) is 26.8 Å². The summed E-state index contributed by atoms with van der Waals surface area (Å²) in [4.78, 5) is 18.9. The molecule has 1 aliphatic carbocycles.